The van der Waals surface area contributed by atoms with Crippen LogP contribution in [0.4, 0.5) is 4.79 Å². The van der Waals surface area contributed by atoms with Crippen LogP contribution in [0.1, 0.15) is 12.5 Å². The normalized spacial score (nSPS) is 9.73. The van der Waals surface area contributed by atoms with Crippen molar-refractivity contribution in [3.8, 4) is 5.75 Å². The Bertz CT molecular complexity index is 322. The summed E-state index contributed by atoms with van der Waals surface area (Å²) in [4.78, 5) is 13.0. The highest BCUT2D eigenvalue weighted by atomic mass is 16.3. The maximum absolute atomic E-state index is 11.4. The molecule has 4 heteroatoms. The van der Waals surface area contributed by atoms with E-state index in [1.807, 2.05) is 6.92 Å². The van der Waals surface area contributed by atoms with E-state index in [1.54, 1.807) is 36.2 Å². The predicted molar refractivity (Wildman–Crippen MR) is 58.6 cm³/mol. The summed E-state index contributed by atoms with van der Waals surface area (Å²) in [7, 11) is 1.73. The van der Waals surface area contributed by atoms with E-state index in [0.29, 0.717) is 13.1 Å². The fourth-order valence-corrected chi connectivity index (χ4v) is 1.23. The van der Waals surface area contributed by atoms with Crippen molar-refractivity contribution in [2.24, 2.45) is 0 Å². The van der Waals surface area contributed by atoms with Crippen LogP contribution in [0.3, 0.4) is 0 Å². The molecular formula is C11H16N2O2. The number of hydrogen-bond donors (Lipinski definition) is 2. The Labute approximate surface area is 89.5 Å². The number of carbonyl (C=O) groups is 1. The van der Waals surface area contributed by atoms with Gasteiger partial charge >= 0.3 is 6.03 Å². The molecule has 0 radical (unpaired) electrons. The number of hydrogen-bond acceptors (Lipinski definition) is 2. The smallest absolute Gasteiger partial charge is 0.317 e. The summed E-state index contributed by atoms with van der Waals surface area (Å²) in [6.07, 6.45) is 0. The van der Waals surface area contributed by atoms with Crippen LogP contribution in [0.5, 0.6) is 5.75 Å². The highest BCUT2D eigenvalue weighted by Crippen LogP contribution is 2.10. The molecule has 0 heterocycles. The van der Waals surface area contributed by atoms with Gasteiger partial charge in [0, 0.05) is 20.1 Å². The Morgan fingerprint density at radius 2 is 2.00 bits per heavy atom. The van der Waals surface area contributed by atoms with Crippen molar-refractivity contribution in [2.45, 2.75) is 13.5 Å². The van der Waals surface area contributed by atoms with E-state index in [4.69, 9.17) is 5.11 Å². The second-order valence-corrected chi connectivity index (χ2v) is 3.36. The summed E-state index contributed by atoms with van der Waals surface area (Å²) in [6.45, 7) is 3.04. The Morgan fingerprint density at radius 1 is 1.40 bits per heavy atom. The number of nitrogens with zero attached hydrogens (tertiary/aromatic N) is 1. The van der Waals surface area contributed by atoms with Crippen LogP contribution < -0.4 is 5.32 Å². The molecule has 0 saturated heterocycles. The maximum atomic E-state index is 11.4. The lowest BCUT2D eigenvalue weighted by atomic mass is 10.2. The van der Waals surface area contributed by atoms with Gasteiger partial charge in [-0.25, -0.2) is 4.79 Å². The first-order chi connectivity index (χ1) is 7.13. The number of benzene rings is 1. The number of nitrogens with one attached hydrogen (secondary N) is 1. The number of carbonyl (C=O) groups excluding carboxylic acids is 1. The van der Waals surface area contributed by atoms with Crippen LogP contribution in [0.15, 0.2) is 24.3 Å². The Balaban J connectivity index is 2.54. The van der Waals surface area contributed by atoms with E-state index in [9.17, 15) is 4.79 Å². The van der Waals surface area contributed by atoms with Gasteiger partial charge in [-0.05, 0) is 24.6 Å². The molecule has 2 amide bonds. The minimum Gasteiger partial charge on any atom is -0.508 e. The number of phenolic OH excluding ortho intramolecular Hbond substituents is 1. The Morgan fingerprint density at radius 3 is 2.53 bits per heavy atom. The fraction of sp³-hybridized carbons (Fsp3) is 0.364. The lowest BCUT2D eigenvalue weighted by Crippen LogP contribution is -2.36. The summed E-state index contributed by atoms with van der Waals surface area (Å²) in [5.41, 5.74) is 0.988. The monoisotopic (exact) mass is 208 g/mol. The third kappa shape index (κ3) is 3.50. The molecule has 2 N–H and O–H groups in total. The van der Waals surface area contributed by atoms with Crippen LogP contribution in [0.25, 0.3) is 0 Å². The third-order valence-electron chi connectivity index (χ3n) is 2.03. The minimum absolute atomic E-state index is 0.0921. The molecule has 15 heavy (non-hydrogen) atoms. The van der Waals surface area contributed by atoms with Gasteiger partial charge in [0.25, 0.3) is 0 Å². The minimum atomic E-state index is -0.0921. The zero-order chi connectivity index (χ0) is 11.3. The molecule has 0 aliphatic heterocycles. The molecule has 82 valence electrons. The second-order valence-electron chi connectivity index (χ2n) is 3.36. The second kappa shape index (κ2) is 5.24. The summed E-state index contributed by atoms with van der Waals surface area (Å²) in [6, 6.07) is 6.73. The van der Waals surface area contributed by atoms with Gasteiger partial charge < -0.3 is 15.3 Å². The molecule has 0 atom stereocenters. The number of amides is 2. The summed E-state index contributed by atoms with van der Waals surface area (Å²) in [5.74, 6) is 0.236. The Kier molecular flexibility index (Phi) is 3.97. The molecule has 0 aliphatic rings. The topological polar surface area (TPSA) is 52.6 Å². The van der Waals surface area contributed by atoms with Crippen molar-refractivity contribution in [3.05, 3.63) is 29.8 Å². The highest BCUT2D eigenvalue weighted by Gasteiger charge is 2.06. The van der Waals surface area contributed by atoms with Crippen molar-refractivity contribution in [1.82, 2.24) is 10.2 Å². The SMILES string of the molecule is CCNC(=O)N(C)Cc1ccc(O)cc1. The molecule has 4 nitrogen and oxygen atoms in total. The first-order valence-corrected chi connectivity index (χ1v) is 4.90. The van der Waals surface area contributed by atoms with Crippen LogP contribution in [0.2, 0.25) is 0 Å². The van der Waals surface area contributed by atoms with E-state index < -0.39 is 0 Å². The van der Waals surface area contributed by atoms with Gasteiger partial charge in [-0.3, -0.25) is 0 Å². The van der Waals surface area contributed by atoms with Crippen LogP contribution in [0, 0.1) is 0 Å². The molecule has 1 rings (SSSR count). The van der Waals surface area contributed by atoms with Gasteiger partial charge in [-0.15, -0.1) is 0 Å². The fourth-order valence-electron chi connectivity index (χ4n) is 1.23. The van der Waals surface area contributed by atoms with E-state index in [1.165, 1.54) is 0 Å². The third-order valence-corrected chi connectivity index (χ3v) is 2.03. The molecule has 1 aromatic rings. The quantitative estimate of drug-likeness (QED) is 0.792. The molecule has 0 spiro atoms. The van der Waals surface area contributed by atoms with E-state index in [0.717, 1.165) is 5.56 Å². The first kappa shape index (κ1) is 11.4. The Hall–Kier alpha value is -1.71. The zero-order valence-corrected chi connectivity index (χ0v) is 9.03. The molecule has 0 aliphatic carbocycles. The summed E-state index contributed by atoms with van der Waals surface area (Å²) < 4.78 is 0. The number of rotatable bonds is 3. The first-order valence-electron chi connectivity index (χ1n) is 4.90. The summed E-state index contributed by atoms with van der Waals surface area (Å²) in [5, 5.41) is 11.8. The average Bonchev–Trinajstić information content (AvgIpc) is 2.22. The van der Waals surface area contributed by atoms with Crippen LogP contribution >= 0.6 is 0 Å². The standard InChI is InChI=1S/C11H16N2O2/c1-3-12-11(15)13(2)8-9-4-6-10(14)7-5-9/h4-7,14H,3,8H2,1-2H3,(H,12,15). The molecule has 0 fully saturated rings. The molecule has 0 saturated carbocycles. The van der Waals surface area contributed by atoms with Crippen molar-refractivity contribution < 1.29 is 9.90 Å². The predicted octanol–water partition coefficient (Wildman–Crippen LogP) is 1.55. The van der Waals surface area contributed by atoms with E-state index >= 15 is 0 Å². The van der Waals surface area contributed by atoms with Gasteiger partial charge in [-0.1, -0.05) is 12.1 Å². The summed E-state index contributed by atoms with van der Waals surface area (Å²) >= 11 is 0. The number of phenols is 1. The maximum Gasteiger partial charge on any atom is 0.317 e. The van der Waals surface area contributed by atoms with Gasteiger partial charge in [0.05, 0.1) is 0 Å². The van der Waals surface area contributed by atoms with Crippen molar-refractivity contribution in [3.63, 3.8) is 0 Å². The van der Waals surface area contributed by atoms with Crippen LogP contribution in [-0.4, -0.2) is 29.6 Å². The van der Waals surface area contributed by atoms with Crippen LogP contribution in [-0.2, 0) is 6.54 Å². The van der Waals surface area contributed by atoms with Crippen molar-refractivity contribution in [2.75, 3.05) is 13.6 Å². The van der Waals surface area contributed by atoms with Crippen molar-refractivity contribution >= 4 is 6.03 Å². The van der Waals surface area contributed by atoms with E-state index in [-0.39, 0.29) is 11.8 Å². The number of urea groups is 1. The zero-order valence-electron chi connectivity index (χ0n) is 9.03. The molecule has 0 bridgehead atoms. The lowest BCUT2D eigenvalue weighted by Gasteiger charge is -2.17. The molecule has 0 unspecified atom stereocenters. The van der Waals surface area contributed by atoms with Gasteiger partial charge in [0.1, 0.15) is 5.75 Å². The number of aromatic hydroxyl groups is 1. The van der Waals surface area contributed by atoms with Gasteiger partial charge in [-0.2, -0.15) is 0 Å². The van der Waals surface area contributed by atoms with Crippen molar-refractivity contribution in [1.29, 1.82) is 0 Å². The molecular weight excluding hydrogens is 192 g/mol. The largest absolute Gasteiger partial charge is 0.508 e. The van der Waals surface area contributed by atoms with Gasteiger partial charge in [0.15, 0.2) is 0 Å². The van der Waals surface area contributed by atoms with Gasteiger partial charge in [0.2, 0.25) is 0 Å². The average molecular weight is 208 g/mol. The van der Waals surface area contributed by atoms with E-state index in [2.05, 4.69) is 5.32 Å². The molecule has 0 aromatic heterocycles. The molecule has 1 aromatic carbocycles. The highest BCUT2D eigenvalue weighted by molar-refractivity contribution is 5.73. The lowest BCUT2D eigenvalue weighted by molar-refractivity contribution is 0.207.